The van der Waals surface area contributed by atoms with Crippen LogP contribution in [0.5, 0.6) is 0 Å². The summed E-state index contributed by atoms with van der Waals surface area (Å²) >= 11 is 3.30. The maximum absolute atomic E-state index is 12.2. The number of alkyl halides is 1. The Morgan fingerprint density at radius 2 is 1.21 bits per heavy atom. The standard InChI is InChI=1S/C12H14N4O.C10H9BrN4O.C6H15N.CH5N.ClH/c1-3-5-10-9(4-2)12(17)16-11(15-10)8(6-13)7-14-16;1-2-7-8(3-11)14-9-6(4-12)5-13-15(9)10(7)16;1-4-7(5-2)6-3;1-2;/h7,14H,3-5H2,1-2H3;5,13H,2-3H2,1H3;4-6H2,1-3H3;2H2,1H3;1H. The van der Waals surface area contributed by atoms with Crippen molar-refractivity contribution in [1.29, 1.82) is 10.5 Å². The highest BCUT2D eigenvalue weighted by Gasteiger charge is 2.15. The lowest BCUT2D eigenvalue weighted by molar-refractivity contribution is 0.321. The molecule has 0 atom stereocenters. The number of halogens is 2. The lowest BCUT2D eigenvalue weighted by Gasteiger charge is -2.13. The van der Waals surface area contributed by atoms with Gasteiger partial charge in [-0.15, -0.1) is 12.4 Å². The Morgan fingerprint density at radius 3 is 1.51 bits per heavy atom. The summed E-state index contributed by atoms with van der Waals surface area (Å²) in [6.45, 7) is 16.0. The third-order valence-electron chi connectivity index (χ3n) is 6.59. The molecule has 0 aliphatic heterocycles. The molecule has 0 spiro atoms. The van der Waals surface area contributed by atoms with E-state index in [9.17, 15) is 9.59 Å². The zero-order chi connectivity index (χ0) is 31.8. The zero-order valence-electron chi connectivity index (χ0n) is 26.1. The number of fused-ring (bicyclic) bond motifs is 2. The predicted molar refractivity (Wildman–Crippen MR) is 177 cm³/mol. The fourth-order valence-electron chi connectivity index (χ4n) is 4.29. The van der Waals surface area contributed by atoms with Gasteiger partial charge in [-0.1, -0.05) is 63.9 Å². The van der Waals surface area contributed by atoms with Gasteiger partial charge in [-0.25, -0.2) is 19.0 Å². The van der Waals surface area contributed by atoms with Gasteiger partial charge < -0.3 is 10.6 Å². The fraction of sp³-hybridized carbons (Fsp3) is 0.517. The van der Waals surface area contributed by atoms with E-state index in [2.05, 4.69) is 67.5 Å². The molecule has 0 aliphatic rings. The minimum atomic E-state index is -0.136. The molecule has 12 nitrogen and oxygen atoms in total. The van der Waals surface area contributed by atoms with Crippen molar-refractivity contribution in [3.63, 3.8) is 0 Å². The van der Waals surface area contributed by atoms with E-state index in [4.69, 9.17) is 10.5 Å². The molecule has 0 fully saturated rings. The maximum Gasteiger partial charge on any atom is 0.276 e. The summed E-state index contributed by atoms with van der Waals surface area (Å²) in [5.74, 6) is 0. The maximum atomic E-state index is 12.2. The van der Waals surface area contributed by atoms with Crippen molar-refractivity contribution in [3.8, 4) is 12.1 Å². The van der Waals surface area contributed by atoms with E-state index >= 15 is 0 Å². The van der Waals surface area contributed by atoms with Crippen molar-refractivity contribution < 1.29 is 0 Å². The summed E-state index contributed by atoms with van der Waals surface area (Å²) in [5.41, 5.74) is 8.78. The number of aryl methyl sites for hydroxylation is 1. The van der Waals surface area contributed by atoms with Gasteiger partial charge in [-0.05, 0) is 45.9 Å². The number of aromatic amines is 2. The van der Waals surface area contributed by atoms with Crippen LogP contribution >= 0.6 is 28.3 Å². The largest absolute Gasteiger partial charge is 0.333 e. The molecule has 4 aromatic rings. The second-order valence-corrected chi connectivity index (χ2v) is 9.37. The van der Waals surface area contributed by atoms with Crippen molar-refractivity contribution in [3.05, 3.63) is 66.7 Å². The van der Waals surface area contributed by atoms with E-state index in [0.29, 0.717) is 51.9 Å². The molecule has 0 amide bonds. The number of nitriles is 2. The third-order valence-corrected chi connectivity index (χ3v) is 7.12. The van der Waals surface area contributed by atoms with E-state index < -0.39 is 0 Å². The fourth-order valence-corrected chi connectivity index (χ4v) is 4.75. The minimum Gasteiger partial charge on any atom is -0.333 e. The monoisotopic (exact) mass is 678 g/mol. The second kappa shape index (κ2) is 20.4. The summed E-state index contributed by atoms with van der Waals surface area (Å²) in [7, 11) is 1.50. The number of H-pyrrole nitrogens is 2. The van der Waals surface area contributed by atoms with Gasteiger partial charge in [0.1, 0.15) is 23.3 Å². The van der Waals surface area contributed by atoms with Gasteiger partial charge in [0.05, 0.1) is 11.4 Å². The summed E-state index contributed by atoms with van der Waals surface area (Å²) in [6, 6.07) is 4.03. The van der Waals surface area contributed by atoms with Crippen molar-refractivity contribution in [2.45, 2.75) is 72.6 Å². The number of hydrogen-bond donors (Lipinski definition) is 3. The van der Waals surface area contributed by atoms with E-state index in [1.165, 1.54) is 48.1 Å². The Kier molecular flexibility index (Phi) is 18.8. The Balaban J connectivity index is 0.000000635. The van der Waals surface area contributed by atoms with Gasteiger partial charge in [0.25, 0.3) is 11.1 Å². The van der Waals surface area contributed by atoms with Crippen molar-refractivity contribution >= 4 is 39.6 Å². The molecule has 0 aromatic carbocycles. The smallest absolute Gasteiger partial charge is 0.276 e. The molecule has 43 heavy (non-hydrogen) atoms. The first-order valence-corrected chi connectivity index (χ1v) is 15.3. The van der Waals surface area contributed by atoms with E-state index in [1.54, 1.807) is 0 Å². The van der Waals surface area contributed by atoms with Crippen LogP contribution in [0.2, 0.25) is 0 Å². The lowest BCUT2D eigenvalue weighted by atomic mass is 10.1. The van der Waals surface area contributed by atoms with Gasteiger partial charge in [-0.3, -0.25) is 19.8 Å². The van der Waals surface area contributed by atoms with Crippen LogP contribution in [-0.4, -0.2) is 60.8 Å². The molecule has 14 heteroatoms. The lowest BCUT2D eigenvalue weighted by Crippen LogP contribution is -2.22. The first kappa shape index (κ1) is 39.5. The molecule has 0 radical (unpaired) electrons. The molecule has 236 valence electrons. The SMILES string of the molecule is CCCc1nc2c(C#N)c[nH]n2c(=O)c1CC.CCN(CC)CC.CCc1c(CBr)nc2c(C#N)c[nH]n2c1=O.CN.Cl. The molecule has 4 aromatic heterocycles. The summed E-state index contributed by atoms with van der Waals surface area (Å²) in [4.78, 5) is 35.3. The van der Waals surface area contributed by atoms with Crippen LogP contribution in [0.25, 0.3) is 11.3 Å². The van der Waals surface area contributed by atoms with Crippen LogP contribution in [0.1, 0.15) is 81.6 Å². The van der Waals surface area contributed by atoms with Crippen LogP contribution in [0.15, 0.2) is 22.0 Å². The number of aromatic nitrogens is 6. The highest BCUT2D eigenvalue weighted by Crippen LogP contribution is 2.12. The number of hydrogen-bond acceptors (Lipinski definition) is 8. The average molecular weight is 680 g/mol. The first-order chi connectivity index (χ1) is 20.3. The summed E-state index contributed by atoms with van der Waals surface area (Å²) < 4.78 is 2.65. The molecule has 0 saturated carbocycles. The Hall–Kier alpha value is -3.49. The van der Waals surface area contributed by atoms with Gasteiger partial charge >= 0.3 is 0 Å². The van der Waals surface area contributed by atoms with Crippen LogP contribution < -0.4 is 16.9 Å². The zero-order valence-corrected chi connectivity index (χ0v) is 28.5. The quantitative estimate of drug-likeness (QED) is 0.233. The summed E-state index contributed by atoms with van der Waals surface area (Å²) in [6.07, 6.45) is 5.98. The second-order valence-electron chi connectivity index (χ2n) is 8.81. The molecule has 4 heterocycles. The van der Waals surface area contributed by atoms with Crippen molar-refractivity contribution in [1.82, 2.24) is 34.1 Å². The molecule has 0 bridgehead atoms. The molecular weight excluding hydrogens is 636 g/mol. The van der Waals surface area contributed by atoms with Crippen molar-refractivity contribution in [2.75, 3.05) is 26.7 Å². The van der Waals surface area contributed by atoms with Crippen molar-refractivity contribution in [2.24, 2.45) is 5.73 Å². The van der Waals surface area contributed by atoms with Gasteiger partial charge in [0, 0.05) is 28.9 Å². The molecule has 4 rings (SSSR count). The highest BCUT2D eigenvalue weighted by atomic mass is 79.9. The molecule has 4 N–H and O–H groups in total. The highest BCUT2D eigenvalue weighted by molar-refractivity contribution is 9.08. The van der Waals surface area contributed by atoms with E-state index in [1.807, 2.05) is 32.9 Å². The predicted octanol–water partition coefficient (Wildman–Crippen LogP) is 4.11. The Labute approximate surface area is 267 Å². The number of nitrogens with zero attached hydrogens (tertiary/aromatic N) is 7. The van der Waals surface area contributed by atoms with Crippen LogP contribution in [0, 0.1) is 22.7 Å². The number of nitrogens with two attached hydrogens (primary N) is 1. The van der Waals surface area contributed by atoms with Crippen LogP contribution in [0.3, 0.4) is 0 Å². The average Bonchev–Trinajstić information content (AvgIpc) is 3.64. The Morgan fingerprint density at radius 1 is 0.814 bits per heavy atom. The number of nitrogens with one attached hydrogen (secondary N) is 2. The van der Waals surface area contributed by atoms with Gasteiger partial charge in [-0.2, -0.15) is 10.5 Å². The Bertz CT molecular complexity index is 1620. The molecule has 0 unspecified atom stereocenters. The molecule has 0 aliphatic carbocycles. The number of rotatable bonds is 8. The van der Waals surface area contributed by atoms with Crippen LogP contribution in [0.4, 0.5) is 0 Å². The molecular formula is C29H44BrClN10O2. The topological polar surface area (TPSA) is 177 Å². The third kappa shape index (κ3) is 9.50. The molecule has 0 saturated heterocycles. The van der Waals surface area contributed by atoms with E-state index in [0.717, 1.165) is 24.1 Å². The van der Waals surface area contributed by atoms with Gasteiger partial charge in [0.15, 0.2) is 11.3 Å². The normalized spacial score (nSPS) is 9.95. The minimum absolute atomic E-state index is 0. The summed E-state index contributed by atoms with van der Waals surface area (Å²) in [5, 5.41) is 23.8. The van der Waals surface area contributed by atoms with E-state index in [-0.39, 0.29) is 23.5 Å². The first-order valence-electron chi connectivity index (χ1n) is 14.2. The van der Waals surface area contributed by atoms with Crippen LogP contribution in [-0.2, 0) is 24.6 Å². The van der Waals surface area contributed by atoms with Gasteiger partial charge in [0.2, 0.25) is 0 Å².